The summed E-state index contributed by atoms with van der Waals surface area (Å²) >= 11 is 0. The summed E-state index contributed by atoms with van der Waals surface area (Å²) in [5.41, 5.74) is 7.55. The summed E-state index contributed by atoms with van der Waals surface area (Å²) in [5, 5.41) is 18.7. The van der Waals surface area contributed by atoms with E-state index in [1.807, 2.05) is 111 Å². The molecule has 0 aliphatic carbocycles. The first-order valence-corrected chi connectivity index (χ1v) is 17.2. The number of hydrogen-bond acceptors (Lipinski definition) is 6. The number of anilines is 4. The van der Waals surface area contributed by atoms with E-state index in [9.17, 15) is 9.59 Å². The molecule has 0 aromatic heterocycles. The zero-order valence-corrected chi connectivity index (χ0v) is 31.2. The third-order valence-corrected chi connectivity index (χ3v) is 8.45. The fourth-order valence-electron chi connectivity index (χ4n) is 5.58. The predicted octanol–water partition coefficient (Wildman–Crippen LogP) is 6.36. The van der Waals surface area contributed by atoms with Gasteiger partial charge in [0, 0.05) is 98.4 Å². The summed E-state index contributed by atoms with van der Waals surface area (Å²) in [5.74, 6) is 2.39. The van der Waals surface area contributed by atoms with Gasteiger partial charge in [0.05, 0.1) is 0 Å². The number of aliphatic imine (C=N–C) groups is 4. The molecule has 0 atom stereocenters. The molecule has 0 aliphatic rings. The van der Waals surface area contributed by atoms with Crippen LogP contribution in [-0.4, -0.2) is 77.4 Å². The van der Waals surface area contributed by atoms with Gasteiger partial charge in [0.25, 0.3) is 11.8 Å². The van der Waals surface area contributed by atoms with Gasteiger partial charge in [-0.1, -0.05) is 0 Å². The lowest BCUT2D eigenvalue weighted by molar-refractivity contribution is 0.101. The lowest BCUT2D eigenvalue weighted by Crippen LogP contribution is -2.19. The normalized spacial score (nSPS) is 12.1. The molecule has 0 heterocycles. The van der Waals surface area contributed by atoms with Gasteiger partial charge in [0.2, 0.25) is 0 Å². The molecule has 274 valence electrons. The first-order valence-electron chi connectivity index (χ1n) is 17.2. The van der Waals surface area contributed by atoms with E-state index in [1.54, 1.807) is 52.5 Å². The molecule has 5 aromatic rings. The largest absolute Gasteiger partial charge is 0.373 e. The maximum absolute atomic E-state index is 13.0. The van der Waals surface area contributed by atoms with Crippen molar-refractivity contribution in [2.24, 2.45) is 20.0 Å². The molecule has 0 bridgehead atoms. The summed E-state index contributed by atoms with van der Waals surface area (Å²) in [6, 6.07) is 37.1. The first-order chi connectivity index (χ1) is 26.3. The van der Waals surface area contributed by atoms with Crippen molar-refractivity contribution in [1.29, 1.82) is 0 Å². The van der Waals surface area contributed by atoms with Crippen molar-refractivity contribution in [3.8, 4) is 0 Å². The van der Waals surface area contributed by atoms with E-state index in [2.05, 4.69) is 51.9 Å². The Morgan fingerprint density at radius 1 is 0.333 bits per heavy atom. The molecule has 0 spiro atoms. The van der Waals surface area contributed by atoms with Crippen LogP contribution in [0.15, 0.2) is 141 Å². The Bertz CT molecular complexity index is 2010. The van der Waals surface area contributed by atoms with Crippen molar-refractivity contribution in [3.63, 3.8) is 0 Å². The van der Waals surface area contributed by atoms with Crippen molar-refractivity contribution in [2.45, 2.75) is 0 Å². The Labute approximate surface area is 315 Å². The van der Waals surface area contributed by atoms with E-state index < -0.39 is 0 Å². The summed E-state index contributed by atoms with van der Waals surface area (Å²) in [7, 11) is 10.6. The minimum atomic E-state index is -0.292. The minimum absolute atomic E-state index is 0.292. The van der Waals surface area contributed by atoms with Crippen molar-refractivity contribution in [3.05, 3.63) is 155 Å². The second kappa shape index (κ2) is 18.4. The summed E-state index contributed by atoms with van der Waals surface area (Å²) in [4.78, 5) is 43.4. The molecule has 0 fully saturated rings. The summed E-state index contributed by atoms with van der Waals surface area (Å²) < 4.78 is 0. The van der Waals surface area contributed by atoms with E-state index in [0.29, 0.717) is 34.2 Å². The lowest BCUT2D eigenvalue weighted by Gasteiger charge is -2.12. The van der Waals surface area contributed by atoms with Gasteiger partial charge >= 0.3 is 0 Å². The van der Waals surface area contributed by atoms with Crippen LogP contribution in [0.3, 0.4) is 0 Å². The van der Waals surface area contributed by atoms with Crippen LogP contribution in [0, 0.1) is 0 Å². The van der Waals surface area contributed by atoms with Gasteiger partial charge in [-0.15, -0.1) is 0 Å². The quantitative estimate of drug-likeness (QED) is 0.0729. The Morgan fingerprint density at radius 2 is 0.556 bits per heavy atom. The molecule has 0 aliphatic heterocycles. The molecule has 2 amide bonds. The molecule has 0 saturated carbocycles. The van der Waals surface area contributed by atoms with E-state index in [1.165, 1.54) is 0 Å². The van der Waals surface area contributed by atoms with E-state index in [4.69, 9.17) is 0 Å². The number of nitrogens with one attached hydrogen (secondary N) is 6. The van der Waals surface area contributed by atoms with Gasteiger partial charge in [-0.25, -0.2) is 0 Å². The SMILES string of the molecule is CN=C(NC)c1ccc(NC(=NC)c2ccc(NC(=O)c3ccc(C(=O)Nc4ccc(C(=NC)Nc5ccc(C(=NC)NC)cc5)cc4)cc3)cc2)cc1. The Kier molecular flexibility index (Phi) is 13.0. The molecule has 12 heteroatoms. The van der Waals surface area contributed by atoms with Crippen LogP contribution in [0.25, 0.3) is 0 Å². The topological polar surface area (TPSA) is 156 Å². The van der Waals surface area contributed by atoms with Crippen molar-refractivity contribution in [1.82, 2.24) is 10.6 Å². The second-order valence-electron chi connectivity index (χ2n) is 11.8. The van der Waals surface area contributed by atoms with Crippen LogP contribution in [0.4, 0.5) is 22.7 Å². The number of carbonyl (C=O) groups is 2. The first kappa shape index (κ1) is 38.2. The lowest BCUT2D eigenvalue weighted by atomic mass is 10.1. The van der Waals surface area contributed by atoms with Crippen LogP contribution in [-0.2, 0) is 0 Å². The van der Waals surface area contributed by atoms with Crippen LogP contribution >= 0.6 is 0 Å². The monoisotopic (exact) mass is 720 g/mol. The highest BCUT2D eigenvalue weighted by atomic mass is 16.2. The minimum Gasteiger partial charge on any atom is -0.373 e. The standard InChI is InChI=1S/C42H44N10O2/c1-43-37(44-2)27-11-19-33(20-12-27)49-39(47-5)29-15-23-35(24-16-29)51-41(53)31-7-9-32(10-8-31)42(54)52-36-25-17-30(18-26-36)40(48-6)50-34-21-13-28(14-22-34)38(45-3)46-4/h7-26H,1-6H3,(H,43,44)(H,45,46)(H,47,49)(H,48,50)(H,51,53)(H,52,54). The average Bonchev–Trinajstić information content (AvgIpc) is 3.21. The zero-order valence-electron chi connectivity index (χ0n) is 31.2. The third kappa shape index (κ3) is 9.62. The number of carbonyl (C=O) groups excluding carboxylic acids is 2. The van der Waals surface area contributed by atoms with Gasteiger partial charge in [-0.3, -0.25) is 29.6 Å². The van der Waals surface area contributed by atoms with Gasteiger partial charge < -0.3 is 31.9 Å². The van der Waals surface area contributed by atoms with Crippen LogP contribution in [0.5, 0.6) is 0 Å². The molecular weight excluding hydrogens is 677 g/mol. The van der Waals surface area contributed by atoms with Crippen LogP contribution < -0.4 is 31.9 Å². The molecule has 5 rings (SSSR count). The van der Waals surface area contributed by atoms with Crippen molar-refractivity contribution < 1.29 is 9.59 Å². The Hall–Kier alpha value is -7.08. The molecule has 5 aromatic carbocycles. The number of benzene rings is 5. The summed E-state index contributed by atoms with van der Waals surface area (Å²) in [6.45, 7) is 0. The molecular formula is C42H44N10O2. The third-order valence-electron chi connectivity index (χ3n) is 8.45. The predicted molar refractivity (Wildman–Crippen MR) is 223 cm³/mol. The fourth-order valence-corrected chi connectivity index (χ4v) is 5.58. The average molecular weight is 721 g/mol. The van der Waals surface area contributed by atoms with Crippen LogP contribution in [0.2, 0.25) is 0 Å². The van der Waals surface area contributed by atoms with Crippen molar-refractivity contribution in [2.75, 3.05) is 63.6 Å². The Balaban J connectivity index is 1.13. The highest BCUT2D eigenvalue weighted by Crippen LogP contribution is 2.18. The molecule has 6 N–H and O–H groups in total. The molecule has 0 radical (unpaired) electrons. The smallest absolute Gasteiger partial charge is 0.255 e. The van der Waals surface area contributed by atoms with Crippen molar-refractivity contribution >= 4 is 57.9 Å². The Morgan fingerprint density at radius 3 is 0.796 bits per heavy atom. The maximum atomic E-state index is 13.0. The number of rotatable bonds is 10. The maximum Gasteiger partial charge on any atom is 0.255 e. The number of amidine groups is 4. The number of hydrogen-bond donors (Lipinski definition) is 6. The second-order valence-corrected chi connectivity index (χ2v) is 11.8. The highest BCUT2D eigenvalue weighted by Gasteiger charge is 2.12. The molecule has 54 heavy (non-hydrogen) atoms. The molecule has 12 nitrogen and oxygen atoms in total. The van der Waals surface area contributed by atoms with E-state index in [0.717, 1.165) is 45.3 Å². The zero-order chi connectivity index (χ0) is 38.5. The van der Waals surface area contributed by atoms with Gasteiger partial charge in [-0.2, -0.15) is 0 Å². The van der Waals surface area contributed by atoms with Gasteiger partial charge in [-0.05, 0) is 121 Å². The number of amides is 2. The van der Waals surface area contributed by atoms with E-state index in [-0.39, 0.29) is 11.8 Å². The highest BCUT2D eigenvalue weighted by molar-refractivity contribution is 6.11. The molecule has 0 saturated heterocycles. The van der Waals surface area contributed by atoms with E-state index >= 15 is 0 Å². The molecule has 0 unspecified atom stereocenters. The summed E-state index contributed by atoms with van der Waals surface area (Å²) in [6.07, 6.45) is 0. The fraction of sp³-hybridized carbons (Fsp3) is 0.143. The number of nitrogens with zero attached hydrogens (tertiary/aromatic N) is 4. The van der Waals surface area contributed by atoms with Crippen LogP contribution in [0.1, 0.15) is 43.0 Å². The van der Waals surface area contributed by atoms with Gasteiger partial charge in [0.15, 0.2) is 0 Å². The van der Waals surface area contributed by atoms with Gasteiger partial charge in [0.1, 0.15) is 23.3 Å².